The van der Waals surface area contributed by atoms with E-state index in [9.17, 15) is 5.11 Å². The Kier molecular flexibility index (Phi) is 4.28. The number of halogens is 1. The first-order valence-electron chi connectivity index (χ1n) is 5.41. The van der Waals surface area contributed by atoms with Crippen LogP contribution in [0.1, 0.15) is 25.0 Å². The number of aliphatic hydroxyl groups is 1. The Balaban J connectivity index is 3.60. The summed E-state index contributed by atoms with van der Waals surface area (Å²) < 4.78 is 10.7. The Morgan fingerprint density at radius 3 is 2.29 bits per heavy atom. The van der Waals surface area contributed by atoms with Gasteiger partial charge in [-0.25, -0.2) is 0 Å². The van der Waals surface area contributed by atoms with Gasteiger partial charge in [0, 0.05) is 22.1 Å². The molecule has 0 atom stereocenters. The molecule has 3 nitrogen and oxygen atoms in total. The third kappa shape index (κ3) is 2.50. The van der Waals surface area contributed by atoms with Crippen LogP contribution in [0.4, 0.5) is 0 Å². The largest absolute Gasteiger partial charge is 0.493 e. The average Bonchev–Trinajstić information content (AvgIpc) is 2.31. The third-order valence-corrected chi connectivity index (χ3v) is 3.33. The van der Waals surface area contributed by atoms with Crippen molar-refractivity contribution in [1.82, 2.24) is 0 Å². The Morgan fingerprint density at radius 1 is 1.29 bits per heavy atom. The predicted octanol–water partition coefficient (Wildman–Crippen LogP) is 2.94. The SMILES string of the molecule is COc1cc(Cl)c(C)c(C(C)(C)CO)c1OC. The summed E-state index contributed by atoms with van der Waals surface area (Å²) in [6.07, 6.45) is 0. The molecule has 0 radical (unpaired) electrons. The minimum Gasteiger partial charge on any atom is -0.493 e. The van der Waals surface area contributed by atoms with Crippen LogP contribution in [0.25, 0.3) is 0 Å². The molecule has 0 saturated carbocycles. The van der Waals surface area contributed by atoms with Gasteiger partial charge in [0.2, 0.25) is 0 Å². The monoisotopic (exact) mass is 258 g/mol. The number of hydrogen-bond acceptors (Lipinski definition) is 3. The van der Waals surface area contributed by atoms with Crippen LogP contribution in [-0.4, -0.2) is 25.9 Å². The van der Waals surface area contributed by atoms with Gasteiger partial charge in [0.1, 0.15) is 0 Å². The van der Waals surface area contributed by atoms with Crippen LogP contribution in [0.5, 0.6) is 11.5 Å². The van der Waals surface area contributed by atoms with Crippen LogP contribution in [0, 0.1) is 6.92 Å². The van der Waals surface area contributed by atoms with Crippen molar-refractivity contribution in [2.24, 2.45) is 0 Å². The first-order valence-corrected chi connectivity index (χ1v) is 5.79. The second kappa shape index (κ2) is 5.15. The summed E-state index contributed by atoms with van der Waals surface area (Å²) in [6.45, 7) is 5.80. The van der Waals surface area contributed by atoms with E-state index in [0.717, 1.165) is 11.1 Å². The van der Waals surface area contributed by atoms with E-state index >= 15 is 0 Å². The second-order valence-electron chi connectivity index (χ2n) is 4.64. The smallest absolute Gasteiger partial charge is 0.164 e. The molecule has 0 fully saturated rings. The summed E-state index contributed by atoms with van der Waals surface area (Å²) in [7, 11) is 3.15. The first kappa shape index (κ1) is 14.1. The molecule has 1 N–H and O–H groups in total. The molecule has 0 aliphatic carbocycles. The lowest BCUT2D eigenvalue weighted by Gasteiger charge is -2.28. The molecule has 0 saturated heterocycles. The van der Waals surface area contributed by atoms with Crippen molar-refractivity contribution in [3.05, 3.63) is 22.2 Å². The summed E-state index contributed by atoms with van der Waals surface area (Å²) >= 11 is 6.17. The molecule has 0 aromatic heterocycles. The zero-order valence-electron chi connectivity index (χ0n) is 10.9. The van der Waals surface area contributed by atoms with Crippen molar-refractivity contribution in [2.45, 2.75) is 26.2 Å². The highest BCUT2D eigenvalue weighted by Crippen LogP contribution is 2.43. The lowest BCUT2D eigenvalue weighted by molar-refractivity contribution is 0.213. The van der Waals surface area contributed by atoms with Crippen LogP contribution in [0.15, 0.2) is 6.07 Å². The van der Waals surface area contributed by atoms with E-state index in [2.05, 4.69) is 0 Å². The molecule has 0 aliphatic rings. The molecule has 0 amide bonds. The van der Waals surface area contributed by atoms with Gasteiger partial charge in [-0.3, -0.25) is 0 Å². The molecule has 0 spiro atoms. The van der Waals surface area contributed by atoms with Gasteiger partial charge < -0.3 is 14.6 Å². The highest BCUT2D eigenvalue weighted by atomic mass is 35.5. The number of benzene rings is 1. The fourth-order valence-electron chi connectivity index (χ4n) is 1.95. The fourth-order valence-corrected chi connectivity index (χ4v) is 2.14. The number of methoxy groups -OCH3 is 2. The van der Waals surface area contributed by atoms with Gasteiger partial charge in [-0.15, -0.1) is 0 Å². The van der Waals surface area contributed by atoms with E-state index in [1.54, 1.807) is 20.3 Å². The average molecular weight is 259 g/mol. The minimum atomic E-state index is -0.437. The van der Waals surface area contributed by atoms with E-state index in [4.69, 9.17) is 21.1 Å². The quantitative estimate of drug-likeness (QED) is 0.903. The molecule has 96 valence electrons. The summed E-state index contributed by atoms with van der Waals surface area (Å²) in [5.74, 6) is 1.22. The van der Waals surface area contributed by atoms with Gasteiger partial charge >= 0.3 is 0 Å². The molecule has 0 unspecified atom stereocenters. The molecule has 1 rings (SSSR count). The standard InChI is InChI=1S/C13H19ClO3/c1-8-9(14)6-10(16-4)12(17-5)11(8)13(2,3)7-15/h6,15H,7H2,1-5H3. The molecule has 17 heavy (non-hydrogen) atoms. The third-order valence-electron chi connectivity index (χ3n) is 2.94. The molecule has 0 bridgehead atoms. The molecule has 1 aromatic carbocycles. The van der Waals surface area contributed by atoms with Crippen molar-refractivity contribution in [2.75, 3.05) is 20.8 Å². The number of ether oxygens (including phenoxy) is 2. The Morgan fingerprint density at radius 2 is 1.88 bits per heavy atom. The van der Waals surface area contributed by atoms with E-state index in [-0.39, 0.29) is 6.61 Å². The van der Waals surface area contributed by atoms with Gasteiger partial charge in [0.25, 0.3) is 0 Å². The second-order valence-corrected chi connectivity index (χ2v) is 5.04. The molecule has 4 heteroatoms. The zero-order valence-corrected chi connectivity index (χ0v) is 11.7. The molecule has 1 aromatic rings. The van der Waals surface area contributed by atoms with Gasteiger partial charge in [-0.05, 0) is 12.5 Å². The number of aliphatic hydroxyl groups excluding tert-OH is 1. The van der Waals surface area contributed by atoms with Gasteiger partial charge in [0.15, 0.2) is 11.5 Å². The van der Waals surface area contributed by atoms with Gasteiger partial charge in [0.05, 0.1) is 20.8 Å². The van der Waals surface area contributed by atoms with Crippen LogP contribution >= 0.6 is 11.6 Å². The Bertz CT molecular complexity index is 414. The maximum Gasteiger partial charge on any atom is 0.164 e. The van der Waals surface area contributed by atoms with E-state index in [1.165, 1.54) is 0 Å². The van der Waals surface area contributed by atoms with Crippen molar-refractivity contribution < 1.29 is 14.6 Å². The molecule has 0 aliphatic heterocycles. The topological polar surface area (TPSA) is 38.7 Å². The van der Waals surface area contributed by atoms with Crippen molar-refractivity contribution in [1.29, 1.82) is 0 Å². The minimum absolute atomic E-state index is 0.00764. The van der Waals surface area contributed by atoms with Gasteiger partial charge in [-0.1, -0.05) is 25.4 Å². The van der Waals surface area contributed by atoms with Crippen LogP contribution in [-0.2, 0) is 5.41 Å². The van der Waals surface area contributed by atoms with Crippen molar-refractivity contribution >= 4 is 11.6 Å². The van der Waals surface area contributed by atoms with E-state index in [0.29, 0.717) is 16.5 Å². The molecular weight excluding hydrogens is 240 g/mol. The Hall–Kier alpha value is -0.930. The molecular formula is C13H19ClO3. The van der Waals surface area contributed by atoms with E-state index < -0.39 is 5.41 Å². The van der Waals surface area contributed by atoms with Crippen LogP contribution in [0.3, 0.4) is 0 Å². The van der Waals surface area contributed by atoms with E-state index in [1.807, 2.05) is 20.8 Å². The number of rotatable bonds is 4. The van der Waals surface area contributed by atoms with Crippen molar-refractivity contribution in [3.63, 3.8) is 0 Å². The first-order chi connectivity index (χ1) is 7.88. The van der Waals surface area contributed by atoms with Gasteiger partial charge in [-0.2, -0.15) is 0 Å². The zero-order chi connectivity index (χ0) is 13.2. The van der Waals surface area contributed by atoms with Crippen LogP contribution in [0.2, 0.25) is 5.02 Å². The van der Waals surface area contributed by atoms with Crippen LogP contribution < -0.4 is 9.47 Å². The predicted molar refractivity (Wildman–Crippen MR) is 69.4 cm³/mol. The maximum atomic E-state index is 9.51. The number of hydrogen-bond donors (Lipinski definition) is 1. The highest BCUT2D eigenvalue weighted by Gasteiger charge is 2.29. The maximum absolute atomic E-state index is 9.51. The Labute approximate surface area is 107 Å². The van der Waals surface area contributed by atoms with Crippen molar-refractivity contribution in [3.8, 4) is 11.5 Å². The normalized spacial score (nSPS) is 11.5. The summed E-state index contributed by atoms with van der Waals surface area (Å²) in [4.78, 5) is 0. The fraction of sp³-hybridized carbons (Fsp3) is 0.538. The summed E-state index contributed by atoms with van der Waals surface area (Å²) in [6, 6.07) is 1.73. The highest BCUT2D eigenvalue weighted by molar-refractivity contribution is 6.31. The lowest BCUT2D eigenvalue weighted by Crippen LogP contribution is -2.24. The summed E-state index contributed by atoms with van der Waals surface area (Å²) in [5.41, 5.74) is 1.35. The lowest BCUT2D eigenvalue weighted by atomic mass is 9.82. The summed E-state index contributed by atoms with van der Waals surface area (Å²) in [5, 5.41) is 10.1. The molecule has 0 heterocycles.